The predicted molar refractivity (Wildman–Crippen MR) is 76.6 cm³/mol. The van der Waals surface area contributed by atoms with E-state index >= 15 is 0 Å². The SMILES string of the molecule is Cc1ncsc1CNC(=O)c1ccc(Br)cc1N. The highest BCUT2D eigenvalue weighted by Gasteiger charge is 2.10. The van der Waals surface area contributed by atoms with Crippen molar-refractivity contribution >= 4 is 38.9 Å². The lowest BCUT2D eigenvalue weighted by atomic mass is 10.1. The molecule has 0 unspecified atom stereocenters. The molecule has 0 saturated carbocycles. The summed E-state index contributed by atoms with van der Waals surface area (Å²) < 4.78 is 0.856. The molecule has 3 N–H and O–H groups in total. The lowest BCUT2D eigenvalue weighted by Gasteiger charge is -2.07. The highest BCUT2D eigenvalue weighted by molar-refractivity contribution is 9.10. The Morgan fingerprint density at radius 2 is 2.33 bits per heavy atom. The zero-order valence-corrected chi connectivity index (χ0v) is 12.1. The van der Waals surface area contributed by atoms with Crippen LogP contribution in [0.5, 0.6) is 0 Å². The van der Waals surface area contributed by atoms with E-state index in [-0.39, 0.29) is 5.91 Å². The predicted octanol–water partition coefficient (Wildman–Crippen LogP) is 2.73. The Kier molecular flexibility index (Phi) is 3.98. The van der Waals surface area contributed by atoms with Gasteiger partial charge in [0.05, 0.1) is 23.3 Å². The van der Waals surface area contributed by atoms with Crippen LogP contribution in [0.3, 0.4) is 0 Å². The third kappa shape index (κ3) is 2.88. The number of hydrogen-bond donors (Lipinski definition) is 2. The number of nitrogens with zero attached hydrogens (tertiary/aromatic N) is 1. The maximum absolute atomic E-state index is 12.0. The molecule has 94 valence electrons. The Morgan fingerprint density at radius 3 is 2.94 bits per heavy atom. The van der Waals surface area contributed by atoms with Crippen molar-refractivity contribution < 1.29 is 4.79 Å². The Morgan fingerprint density at radius 1 is 1.56 bits per heavy atom. The highest BCUT2D eigenvalue weighted by atomic mass is 79.9. The minimum Gasteiger partial charge on any atom is -0.398 e. The summed E-state index contributed by atoms with van der Waals surface area (Å²) in [6, 6.07) is 5.21. The first kappa shape index (κ1) is 13.0. The van der Waals surface area contributed by atoms with E-state index in [0.29, 0.717) is 17.8 Å². The Bertz CT molecular complexity index is 582. The number of halogens is 1. The lowest BCUT2D eigenvalue weighted by molar-refractivity contribution is 0.0952. The summed E-state index contributed by atoms with van der Waals surface area (Å²) in [6.07, 6.45) is 0. The summed E-state index contributed by atoms with van der Waals surface area (Å²) in [7, 11) is 0. The molecule has 0 bridgehead atoms. The maximum Gasteiger partial charge on any atom is 0.253 e. The monoisotopic (exact) mass is 325 g/mol. The van der Waals surface area contributed by atoms with Gasteiger partial charge in [-0.1, -0.05) is 15.9 Å². The molecule has 6 heteroatoms. The van der Waals surface area contributed by atoms with Gasteiger partial charge in [-0.2, -0.15) is 0 Å². The zero-order chi connectivity index (χ0) is 13.1. The average Bonchev–Trinajstić information content (AvgIpc) is 2.72. The number of benzene rings is 1. The van der Waals surface area contributed by atoms with E-state index < -0.39 is 0 Å². The van der Waals surface area contributed by atoms with Crippen molar-refractivity contribution in [1.29, 1.82) is 0 Å². The first-order valence-electron chi connectivity index (χ1n) is 5.30. The van der Waals surface area contributed by atoms with Gasteiger partial charge in [-0.3, -0.25) is 4.79 Å². The fourth-order valence-corrected chi connectivity index (χ4v) is 2.59. The van der Waals surface area contributed by atoms with Crippen molar-refractivity contribution in [2.24, 2.45) is 0 Å². The van der Waals surface area contributed by atoms with Crippen LogP contribution in [-0.2, 0) is 6.54 Å². The lowest BCUT2D eigenvalue weighted by Crippen LogP contribution is -2.23. The number of aromatic nitrogens is 1. The van der Waals surface area contributed by atoms with E-state index in [2.05, 4.69) is 26.2 Å². The molecule has 2 aromatic rings. The summed E-state index contributed by atoms with van der Waals surface area (Å²) in [5, 5.41) is 2.84. The topological polar surface area (TPSA) is 68.0 Å². The average molecular weight is 326 g/mol. The van der Waals surface area contributed by atoms with E-state index in [1.54, 1.807) is 23.7 Å². The fourth-order valence-electron chi connectivity index (χ4n) is 1.49. The minimum atomic E-state index is -0.173. The van der Waals surface area contributed by atoms with Crippen LogP contribution in [0.1, 0.15) is 20.9 Å². The molecule has 2 rings (SSSR count). The number of nitrogen functional groups attached to an aromatic ring is 1. The molecule has 1 heterocycles. The summed E-state index contributed by atoms with van der Waals surface area (Å²) in [5.74, 6) is -0.173. The molecule has 0 fully saturated rings. The zero-order valence-electron chi connectivity index (χ0n) is 9.74. The van der Waals surface area contributed by atoms with Gasteiger partial charge in [-0.05, 0) is 25.1 Å². The maximum atomic E-state index is 12.0. The van der Waals surface area contributed by atoms with Gasteiger partial charge >= 0.3 is 0 Å². The van der Waals surface area contributed by atoms with E-state index in [9.17, 15) is 4.79 Å². The molecule has 1 aromatic carbocycles. The highest BCUT2D eigenvalue weighted by Crippen LogP contribution is 2.19. The number of nitrogens with one attached hydrogen (secondary N) is 1. The third-order valence-corrected chi connectivity index (χ3v) is 3.94. The summed E-state index contributed by atoms with van der Waals surface area (Å²) >= 11 is 4.84. The van der Waals surface area contributed by atoms with Crippen molar-refractivity contribution in [2.75, 3.05) is 5.73 Å². The van der Waals surface area contributed by atoms with Crippen LogP contribution in [0.2, 0.25) is 0 Å². The number of carbonyl (C=O) groups excluding carboxylic acids is 1. The second-order valence-electron chi connectivity index (χ2n) is 3.78. The van der Waals surface area contributed by atoms with Crippen LogP contribution in [0, 0.1) is 6.92 Å². The van der Waals surface area contributed by atoms with Crippen LogP contribution in [0.4, 0.5) is 5.69 Å². The summed E-state index contributed by atoms with van der Waals surface area (Å²) in [6.45, 7) is 2.40. The van der Waals surface area contributed by atoms with Gasteiger partial charge in [-0.25, -0.2) is 4.98 Å². The molecular weight excluding hydrogens is 314 g/mol. The molecule has 18 heavy (non-hydrogen) atoms. The number of thiazole rings is 1. The smallest absolute Gasteiger partial charge is 0.253 e. The molecule has 0 aliphatic rings. The molecule has 1 amide bonds. The van der Waals surface area contributed by atoms with Gasteiger partial charge in [0.1, 0.15) is 0 Å². The van der Waals surface area contributed by atoms with Gasteiger partial charge < -0.3 is 11.1 Å². The molecular formula is C12H12BrN3OS. The summed E-state index contributed by atoms with van der Waals surface area (Å²) in [5.41, 5.74) is 9.46. The molecule has 1 aromatic heterocycles. The van der Waals surface area contributed by atoms with Gasteiger partial charge in [0.25, 0.3) is 5.91 Å². The number of nitrogens with two attached hydrogens (primary N) is 1. The molecule has 0 atom stereocenters. The molecule has 0 radical (unpaired) electrons. The molecule has 0 aliphatic heterocycles. The molecule has 0 spiro atoms. The van der Waals surface area contributed by atoms with Crippen LogP contribution in [0.25, 0.3) is 0 Å². The minimum absolute atomic E-state index is 0.173. The number of hydrogen-bond acceptors (Lipinski definition) is 4. The largest absolute Gasteiger partial charge is 0.398 e. The number of aryl methyl sites for hydroxylation is 1. The van der Waals surface area contributed by atoms with Crippen molar-refractivity contribution in [2.45, 2.75) is 13.5 Å². The van der Waals surface area contributed by atoms with Crippen molar-refractivity contribution in [1.82, 2.24) is 10.3 Å². The Hall–Kier alpha value is -1.40. The second-order valence-corrected chi connectivity index (χ2v) is 5.63. The van der Waals surface area contributed by atoms with Gasteiger partial charge in [0.2, 0.25) is 0 Å². The first-order valence-corrected chi connectivity index (χ1v) is 6.97. The second kappa shape index (κ2) is 5.49. The van der Waals surface area contributed by atoms with Gasteiger partial charge in [0, 0.05) is 15.0 Å². The van der Waals surface area contributed by atoms with Crippen LogP contribution >= 0.6 is 27.3 Å². The Labute approximate surface area is 117 Å². The van der Waals surface area contributed by atoms with Crippen molar-refractivity contribution in [3.05, 3.63) is 44.3 Å². The number of rotatable bonds is 3. The van der Waals surface area contributed by atoms with Gasteiger partial charge in [0.15, 0.2) is 0 Å². The fraction of sp³-hybridized carbons (Fsp3) is 0.167. The third-order valence-electron chi connectivity index (χ3n) is 2.51. The van der Waals surface area contributed by atoms with Gasteiger partial charge in [-0.15, -0.1) is 11.3 Å². The number of anilines is 1. The molecule has 0 saturated heterocycles. The normalized spacial score (nSPS) is 10.3. The number of carbonyl (C=O) groups is 1. The Balaban J connectivity index is 2.06. The van der Waals surface area contributed by atoms with Crippen LogP contribution < -0.4 is 11.1 Å². The standard InChI is InChI=1S/C12H12BrN3OS/c1-7-11(18-6-16-7)5-15-12(17)9-3-2-8(13)4-10(9)14/h2-4,6H,5,14H2,1H3,(H,15,17). The van der Waals surface area contributed by atoms with E-state index in [1.807, 2.05) is 6.92 Å². The number of amides is 1. The van der Waals surface area contributed by atoms with E-state index in [1.165, 1.54) is 11.3 Å². The van der Waals surface area contributed by atoms with Crippen LogP contribution in [-0.4, -0.2) is 10.9 Å². The van der Waals surface area contributed by atoms with Crippen molar-refractivity contribution in [3.8, 4) is 0 Å². The first-order chi connectivity index (χ1) is 8.58. The molecule has 4 nitrogen and oxygen atoms in total. The molecule has 0 aliphatic carbocycles. The van der Waals surface area contributed by atoms with E-state index in [0.717, 1.165) is 15.0 Å². The van der Waals surface area contributed by atoms with E-state index in [4.69, 9.17) is 5.73 Å². The van der Waals surface area contributed by atoms with Crippen molar-refractivity contribution in [3.63, 3.8) is 0 Å². The summed E-state index contributed by atoms with van der Waals surface area (Å²) in [4.78, 5) is 17.1. The quantitative estimate of drug-likeness (QED) is 0.852. The van der Waals surface area contributed by atoms with Crippen LogP contribution in [0.15, 0.2) is 28.2 Å².